The Bertz CT molecular complexity index is 175. The minimum Gasteiger partial charge on any atom is -0.500 e. The maximum atomic E-state index is 12.3. The summed E-state index contributed by atoms with van der Waals surface area (Å²) < 4.78 is 17.3. The third-order valence-corrected chi connectivity index (χ3v) is 1.10. The first-order valence-electron chi connectivity index (χ1n) is 3.72. The summed E-state index contributed by atoms with van der Waals surface area (Å²) in [4.78, 5) is 0. The zero-order valence-corrected chi connectivity index (χ0v) is 7.22. The van der Waals surface area contributed by atoms with Crippen LogP contribution in [0.3, 0.4) is 0 Å². The summed E-state index contributed by atoms with van der Waals surface area (Å²) in [6.45, 7) is 4.62. The number of allylic oxidation sites excluding steroid dienone is 4. The summed E-state index contributed by atoms with van der Waals surface area (Å²) in [5.74, 6) is -0.372. The maximum Gasteiger partial charge on any atom is 0.122 e. The number of ether oxygens (including phenoxy) is 1. The van der Waals surface area contributed by atoms with Gasteiger partial charge in [-0.05, 0) is 25.3 Å². The van der Waals surface area contributed by atoms with Crippen molar-refractivity contribution < 1.29 is 9.13 Å². The Balaban J connectivity index is 3.43. The number of halogens is 1. The second-order valence-corrected chi connectivity index (χ2v) is 2.06. The zero-order chi connectivity index (χ0) is 9.23. The molecule has 0 saturated heterocycles. The molecule has 2 nitrogen and oxygen atoms in total. The summed E-state index contributed by atoms with van der Waals surface area (Å²) in [6.07, 6.45) is 5.36. The third-order valence-electron chi connectivity index (χ3n) is 1.10. The van der Waals surface area contributed by atoms with Crippen molar-refractivity contribution in [3.05, 3.63) is 36.9 Å². The molecule has 0 radical (unpaired) electrons. The van der Waals surface area contributed by atoms with Crippen LogP contribution in [0.2, 0.25) is 0 Å². The van der Waals surface area contributed by atoms with E-state index in [9.17, 15) is 4.39 Å². The molecule has 0 fully saturated rings. The van der Waals surface area contributed by atoms with Crippen LogP contribution in [0.15, 0.2) is 36.9 Å². The monoisotopic (exact) mass is 171 g/mol. The highest BCUT2D eigenvalue weighted by molar-refractivity contribution is 5.14. The van der Waals surface area contributed by atoms with Gasteiger partial charge in [0.05, 0.1) is 12.9 Å². The van der Waals surface area contributed by atoms with Gasteiger partial charge in [0.1, 0.15) is 5.83 Å². The van der Waals surface area contributed by atoms with E-state index in [1.165, 1.54) is 18.4 Å². The number of nitrogens with one attached hydrogen (secondary N) is 1. The van der Waals surface area contributed by atoms with Gasteiger partial charge in [-0.1, -0.05) is 6.58 Å². The average molecular weight is 171 g/mol. The summed E-state index contributed by atoms with van der Waals surface area (Å²) in [5, 5.41) is 2.91. The van der Waals surface area contributed by atoms with Crippen LogP contribution in [0, 0.1) is 0 Å². The van der Waals surface area contributed by atoms with Gasteiger partial charge in [-0.2, -0.15) is 0 Å². The van der Waals surface area contributed by atoms with Crippen molar-refractivity contribution in [3.63, 3.8) is 0 Å². The third kappa shape index (κ3) is 7.02. The van der Waals surface area contributed by atoms with Crippen LogP contribution in [0.4, 0.5) is 4.39 Å². The molecule has 0 rings (SSSR count). The number of hydrogen-bond acceptors (Lipinski definition) is 2. The molecular formula is C9H14FNO. The Kier molecular flexibility index (Phi) is 7.28. The Morgan fingerprint density at radius 3 is 3.00 bits per heavy atom. The molecule has 0 spiro atoms. The molecule has 0 aromatic carbocycles. The van der Waals surface area contributed by atoms with Crippen LogP contribution < -0.4 is 5.32 Å². The molecule has 0 unspecified atom stereocenters. The normalized spacial score (nSPS) is 12.0. The van der Waals surface area contributed by atoms with Crippen molar-refractivity contribution in [3.8, 4) is 0 Å². The highest BCUT2D eigenvalue weighted by Gasteiger charge is 1.80. The molecule has 0 aromatic rings. The zero-order valence-electron chi connectivity index (χ0n) is 7.22. The maximum absolute atomic E-state index is 12.3. The highest BCUT2D eigenvalue weighted by atomic mass is 19.1. The molecule has 0 amide bonds. The number of hydrogen-bond donors (Lipinski definition) is 1. The Hall–Kier alpha value is -1.09. The fraction of sp³-hybridized carbons (Fsp3) is 0.333. The molecule has 1 N–H and O–H groups in total. The van der Waals surface area contributed by atoms with Gasteiger partial charge in [-0.3, -0.25) is 0 Å². The topological polar surface area (TPSA) is 21.3 Å². The Morgan fingerprint density at radius 1 is 1.67 bits per heavy atom. The van der Waals surface area contributed by atoms with Crippen molar-refractivity contribution in [1.29, 1.82) is 0 Å². The van der Waals surface area contributed by atoms with E-state index in [2.05, 4.69) is 11.9 Å². The van der Waals surface area contributed by atoms with Gasteiger partial charge in [-0.15, -0.1) is 0 Å². The highest BCUT2D eigenvalue weighted by Crippen LogP contribution is 1.95. The van der Waals surface area contributed by atoms with Crippen molar-refractivity contribution in [2.24, 2.45) is 0 Å². The van der Waals surface area contributed by atoms with E-state index in [0.717, 1.165) is 12.6 Å². The molecule has 0 aliphatic heterocycles. The van der Waals surface area contributed by atoms with E-state index in [4.69, 9.17) is 4.74 Å². The first-order chi connectivity index (χ1) is 5.81. The lowest BCUT2D eigenvalue weighted by Crippen LogP contribution is -2.12. The average Bonchev–Trinajstić information content (AvgIpc) is 2.10. The predicted molar refractivity (Wildman–Crippen MR) is 48.4 cm³/mol. The second kappa shape index (κ2) is 8.01. The smallest absolute Gasteiger partial charge is 0.122 e. The molecule has 0 aliphatic carbocycles. The Morgan fingerprint density at radius 2 is 2.42 bits per heavy atom. The second-order valence-electron chi connectivity index (χ2n) is 2.06. The molecule has 0 atom stereocenters. The van der Waals surface area contributed by atoms with Crippen LogP contribution in [0.5, 0.6) is 0 Å². The molecule has 0 heterocycles. The number of likely N-dealkylation sites (N-methyl/N-ethyl adjacent to an activating group) is 1. The van der Waals surface area contributed by atoms with Gasteiger partial charge in [0.15, 0.2) is 0 Å². The van der Waals surface area contributed by atoms with Crippen LogP contribution in [0.1, 0.15) is 0 Å². The van der Waals surface area contributed by atoms with Crippen LogP contribution in [-0.2, 0) is 4.74 Å². The van der Waals surface area contributed by atoms with Crippen LogP contribution in [0.25, 0.3) is 0 Å². The summed E-state index contributed by atoms with van der Waals surface area (Å²) >= 11 is 0. The first-order valence-corrected chi connectivity index (χ1v) is 3.72. The van der Waals surface area contributed by atoms with Crippen LogP contribution >= 0.6 is 0 Å². The van der Waals surface area contributed by atoms with Crippen molar-refractivity contribution in [2.75, 3.05) is 20.2 Å². The van der Waals surface area contributed by atoms with Crippen molar-refractivity contribution >= 4 is 0 Å². The predicted octanol–water partition coefficient (Wildman–Crippen LogP) is 1.78. The van der Waals surface area contributed by atoms with E-state index < -0.39 is 0 Å². The minimum absolute atomic E-state index is 0.372. The lowest BCUT2D eigenvalue weighted by Gasteiger charge is -1.96. The molecule has 12 heavy (non-hydrogen) atoms. The van der Waals surface area contributed by atoms with Gasteiger partial charge in [-0.25, -0.2) is 4.39 Å². The molecule has 3 heteroatoms. The van der Waals surface area contributed by atoms with E-state index in [0.29, 0.717) is 6.61 Å². The van der Waals surface area contributed by atoms with E-state index >= 15 is 0 Å². The molecule has 68 valence electrons. The van der Waals surface area contributed by atoms with Gasteiger partial charge in [0.2, 0.25) is 0 Å². The van der Waals surface area contributed by atoms with Gasteiger partial charge < -0.3 is 10.1 Å². The summed E-state index contributed by atoms with van der Waals surface area (Å²) in [7, 11) is 1.84. The van der Waals surface area contributed by atoms with Crippen molar-refractivity contribution in [1.82, 2.24) is 5.32 Å². The van der Waals surface area contributed by atoms with Gasteiger partial charge in [0, 0.05) is 6.54 Å². The van der Waals surface area contributed by atoms with E-state index in [1.54, 1.807) is 0 Å². The van der Waals surface area contributed by atoms with E-state index in [-0.39, 0.29) is 5.83 Å². The van der Waals surface area contributed by atoms with Gasteiger partial charge >= 0.3 is 0 Å². The van der Waals surface area contributed by atoms with Crippen molar-refractivity contribution in [2.45, 2.75) is 0 Å². The van der Waals surface area contributed by atoms with E-state index in [1.807, 2.05) is 7.05 Å². The lowest BCUT2D eigenvalue weighted by atomic mass is 10.4. The Labute approximate surface area is 72.4 Å². The standard InChI is InChI=1S/C9H14FNO/c1-3-9(10)5-4-7-12-8-6-11-2/h3-5,7,11H,1,6,8H2,2H3/b7-4+,9-5+. The fourth-order valence-electron chi connectivity index (χ4n) is 0.484. The SMILES string of the molecule is C=C/C(F)=C\C=C\OCCNC. The van der Waals surface area contributed by atoms with Crippen LogP contribution in [-0.4, -0.2) is 20.2 Å². The lowest BCUT2D eigenvalue weighted by molar-refractivity contribution is 0.252. The molecule has 0 saturated carbocycles. The molecule has 0 bridgehead atoms. The largest absolute Gasteiger partial charge is 0.500 e. The first kappa shape index (κ1) is 10.9. The molecule has 0 aliphatic rings. The van der Waals surface area contributed by atoms with Gasteiger partial charge in [0.25, 0.3) is 0 Å². The quantitative estimate of drug-likeness (QED) is 0.373. The number of rotatable bonds is 6. The molecular weight excluding hydrogens is 157 g/mol. The summed E-state index contributed by atoms with van der Waals surface area (Å²) in [6, 6.07) is 0. The molecule has 0 aromatic heterocycles. The fourth-order valence-corrected chi connectivity index (χ4v) is 0.484. The summed E-state index contributed by atoms with van der Waals surface area (Å²) in [5.41, 5.74) is 0. The minimum atomic E-state index is -0.372.